The number of thioether (sulfide) groups is 1. The van der Waals surface area contributed by atoms with Gasteiger partial charge < -0.3 is 16.0 Å². The van der Waals surface area contributed by atoms with Crippen LogP contribution in [0.3, 0.4) is 0 Å². The van der Waals surface area contributed by atoms with Gasteiger partial charge in [-0.2, -0.15) is 18.3 Å². The first-order valence-electron chi connectivity index (χ1n) is 13.1. The first-order chi connectivity index (χ1) is 18.9. The van der Waals surface area contributed by atoms with Crippen LogP contribution in [0.4, 0.5) is 17.6 Å². The SMILES string of the molecule is Cc1cc([C@@H](NC(=O)c2cc(CN3C=CSC3N)cc(-c3cn(C(C)C)nc3C(F)(F)F)c2)C2CC2)ccc1F. The number of benzene rings is 2. The molecular weight excluding hydrogens is 542 g/mol. The number of amides is 1. The van der Waals surface area contributed by atoms with Crippen molar-refractivity contribution in [2.75, 3.05) is 0 Å². The van der Waals surface area contributed by atoms with Crippen molar-refractivity contribution in [3.63, 3.8) is 0 Å². The molecule has 2 heterocycles. The number of rotatable bonds is 8. The summed E-state index contributed by atoms with van der Waals surface area (Å²) in [6.45, 7) is 5.48. The minimum atomic E-state index is -4.68. The molecule has 5 rings (SSSR count). The van der Waals surface area contributed by atoms with Crippen molar-refractivity contribution in [2.45, 2.75) is 63.9 Å². The molecule has 40 heavy (non-hydrogen) atoms. The number of nitrogens with one attached hydrogen (secondary N) is 1. The van der Waals surface area contributed by atoms with Gasteiger partial charge in [0.2, 0.25) is 0 Å². The molecule has 2 aliphatic rings. The molecule has 0 spiro atoms. The minimum absolute atomic E-state index is 0.0966. The van der Waals surface area contributed by atoms with Gasteiger partial charge in [-0.1, -0.05) is 23.9 Å². The van der Waals surface area contributed by atoms with Crippen LogP contribution in [-0.4, -0.2) is 26.1 Å². The molecule has 0 radical (unpaired) electrons. The average molecular weight is 574 g/mol. The average Bonchev–Trinajstić information content (AvgIpc) is 3.48. The van der Waals surface area contributed by atoms with Crippen LogP contribution in [0, 0.1) is 18.7 Å². The summed E-state index contributed by atoms with van der Waals surface area (Å²) < 4.78 is 57.3. The van der Waals surface area contributed by atoms with E-state index in [1.165, 1.54) is 34.8 Å². The molecule has 1 aliphatic carbocycles. The van der Waals surface area contributed by atoms with Gasteiger partial charge in [-0.15, -0.1) is 0 Å². The lowest BCUT2D eigenvalue weighted by Crippen LogP contribution is -2.32. The normalized spacial score (nSPS) is 18.0. The Labute approximate surface area is 234 Å². The number of nitrogens with two attached hydrogens (primary N) is 1. The van der Waals surface area contributed by atoms with E-state index in [0.717, 1.165) is 18.4 Å². The predicted molar refractivity (Wildman–Crippen MR) is 147 cm³/mol. The number of alkyl halides is 3. The molecule has 3 aromatic rings. The summed E-state index contributed by atoms with van der Waals surface area (Å²) in [5, 5.41) is 8.75. The van der Waals surface area contributed by atoms with E-state index in [0.29, 0.717) is 17.7 Å². The van der Waals surface area contributed by atoms with Crippen LogP contribution in [0.2, 0.25) is 0 Å². The maximum Gasteiger partial charge on any atom is 0.435 e. The van der Waals surface area contributed by atoms with Gasteiger partial charge in [-0.05, 0) is 91.5 Å². The van der Waals surface area contributed by atoms with E-state index in [4.69, 9.17) is 5.73 Å². The molecule has 1 fully saturated rings. The standard InChI is InChI=1S/C29H31F4N5OS/c1-16(2)38-15-23(26(36-38)29(31,32)33)21-11-18(14-37-8-9-40-28(37)34)12-22(13-21)27(39)35-25(19-4-5-19)20-6-7-24(30)17(3)10-20/h6-13,15-16,19,25,28H,4-5,14,34H2,1-3H3,(H,35,39)/t25-,28?/m0/s1. The highest BCUT2D eigenvalue weighted by Gasteiger charge is 2.38. The summed E-state index contributed by atoms with van der Waals surface area (Å²) in [6.07, 6.45) is 0.362. The number of nitrogens with zero attached hydrogens (tertiary/aromatic N) is 3. The molecule has 1 aromatic heterocycles. The van der Waals surface area contributed by atoms with E-state index in [-0.39, 0.29) is 46.0 Å². The quantitative estimate of drug-likeness (QED) is 0.292. The van der Waals surface area contributed by atoms with Crippen LogP contribution in [-0.2, 0) is 12.7 Å². The van der Waals surface area contributed by atoms with Crippen molar-refractivity contribution in [3.05, 3.63) is 88.0 Å². The summed E-state index contributed by atoms with van der Waals surface area (Å²) in [6, 6.07) is 8.98. The lowest BCUT2D eigenvalue weighted by Gasteiger charge is -2.23. The number of hydrogen-bond acceptors (Lipinski definition) is 5. The van der Waals surface area contributed by atoms with E-state index in [1.54, 1.807) is 45.0 Å². The maximum absolute atomic E-state index is 14.0. The Morgan fingerprint density at radius 2 is 1.95 bits per heavy atom. The third kappa shape index (κ3) is 6.05. The van der Waals surface area contributed by atoms with Gasteiger partial charge in [0.1, 0.15) is 11.3 Å². The van der Waals surface area contributed by atoms with Crippen molar-refractivity contribution < 1.29 is 22.4 Å². The summed E-state index contributed by atoms with van der Waals surface area (Å²) in [4.78, 5) is 15.5. The third-order valence-corrected chi connectivity index (χ3v) is 8.01. The van der Waals surface area contributed by atoms with Gasteiger partial charge in [0.15, 0.2) is 5.69 Å². The van der Waals surface area contributed by atoms with Crippen LogP contribution >= 0.6 is 11.8 Å². The molecule has 0 bridgehead atoms. The molecule has 2 aromatic carbocycles. The lowest BCUT2D eigenvalue weighted by atomic mass is 9.97. The topological polar surface area (TPSA) is 76.2 Å². The molecule has 3 N–H and O–H groups in total. The maximum atomic E-state index is 14.0. The number of carbonyl (C=O) groups excluding carboxylic acids is 1. The van der Waals surface area contributed by atoms with E-state index >= 15 is 0 Å². The van der Waals surface area contributed by atoms with Crippen LogP contribution in [0.1, 0.15) is 71.5 Å². The minimum Gasteiger partial charge on any atom is -0.349 e. The largest absolute Gasteiger partial charge is 0.435 e. The number of halogens is 4. The number of hydrogen-bond donors (Lipinski definition) is 2. The summed E-state index contributed by atoms with van der Waals surface area (Å²) in [5.41, 5.74) is 7.10. The third-order valence-electron chi connectivity index (χ3n) is 7.18. The molecule has 0 saturated heterocycles. The van der Waals surface area contributed by atoms with Gasteiger partial charge in [-0.25, -0.2) is 4.39 Å². The molecule has 11 heteroatoms. The van der Waals surface area contributed by atoms with Crippen molar-refractivity contribution in [1.82, 2.24) is 20.0 Å². The van der Waals surface area contributed by atoms with E-state index in [9.17, 15) is 22.4 Å². The van der Waals surface area contributed by atoms with Crippen molar-refractivity contribution >= 4 is 17.7 Å². The van der Waals surface area contributed by atoms with Gasteiger partial charge in [0.05, 0.1) is 6.04 Å². The van der Waals surface area contributed by atoms with Crippen LogP contribution in [0.15, 0.2) is 54.2 Å². The highest BCUT2D eigenvalue weighted by molar-refractivity contribution is 8.02. The molecule has 1 aliphatic heterocycles. The molecule has 2 atom stereocenters. The van der Waals surface area contributed by atoms with Crippen molar-refractivity contribution in [3.8, 4) is 11.1 Å². The van der Waals surface area contributed by atoms with Crippen LogP contribution in [0.25, 0.3) is 11.1 Å². The van der Waals surface area contributed by atoms with E-state index in [1.807, 2.05) is 16.5 Å². The molecule has 1 saturated carbocycles. The lowest BCUT2D eigenvalue weighted by molar-refractivity contribution is -0.141. The highest BCUT2D eigenvalue weighted by Crippen LogP contribution is 2.42. The Bertz CT molecular complexity index is 1450. The van der Waals surface area contributed by atoms with Crippen molar-refractivity contribution in [1.29, 1.82) is 0 Å². The second-order valence-electron chi connectivity index (χ2n) is 10.7. The number of aryl methyl sites for hydroxylation is 1. The molecular formula is C29H31F4N5OS. The zero-order chi connectivity index (χ0) is 28.8. The molecule has 212 valence electrons. The predicted octanol–water partition coefficient (Wildman–Crippen LogP) is 6.74. The van der Waals surface area contributed by atoms with Crippen LogP contribution in [0.5, 0.6) is 0 Å². The van der Waals surface area contributed by atoms with E-state index < -0.39 is 17.8 Å². The monoisotopic (exact) mass is 573 g/mol. The number of carbonyl (C=O) groups is 1. The second-order valence-corrected chi connectivity index (χ2v) is 11.7. The molecule has 6 nitrogen and oxygen atoms in total. The van der Waals surface area contributed by atoms with Gasteiger partial charge in [0.25, 0.3) is 5.91 Å². The van der Waals surface area contributed by atoms with Crippen LogP contribution < -0.4 is 11.1 Å². The van der Waals surface area contributed by atoms with Gasteiger partial charge in [-0.3, -0.25) is 9.48 Å². The summed E-state index contributed by atoms with van der Waals surface area (Å²) >= 11 is 1.42. The smallest absolute Gasteiger partial charge is 0.349 e. The first kappa shape index (κ1) is 28.2. The zero-order valence-corrected chi connectivity index (χ0v) is 23.2. The molecule has 1 unspecified atom stereocenters. The Balaban J connectivity index is 1.55. The fourth-order valence-corrected chi connectivity index (χ4v) is 5.53. The van der Waals surface area contributed by atoms with Crippen molar-refractivity contribution in [2.24, 2.45) is 11.7 Å². The Morgan fingerprint density at radius 3 is 2.55 bits per heavy atom. The summed E-state index contributed by atoms with van der Waals surface area (Å²) in [7, 11) is 0. The molecule has 1 amide bonds. The van der Waals surface area contributed by atoms with Gasteiger partial charge >= 0.3 is 6.18 Å². The Morgan fingerprint density at radius 1 is 1.20 bits per heavy atom. The first-order valence-corrected chi connectivity index (χ1v) is 14.1. The fraction of sp³-hybridized carbons (Fsp3) is 0.379. The van der Waals surface area contributed by atoms with E-state index in [2.05, 4.69) is 10.4 Å². The second kappa shape index (κ2) is 10.9. The number of aromatic nitrogens is 2. The highest BCUT2D eigenvalue weighted by atomic mass is 32.2. The zero-order valence-electron chi connectivity index (χ0n) is 22.4. The Kier molecular flexibility index (Phi) is 7.71. The van der Waals surface area contributed by atoms with Gasteiger partial charge in [0, 0.05) is 36.1 Å². The fourth-order valence-electron chi connectivity index (χ4n) is 4.85. The Hall–Kier alpha value is -3.31. The summed E-state index contributed by atoms with van der Waals surface area (Å²) in [5.74, 6) is -0.526.